The van der Waals surface area contributed by atoms with Crippen molar-refractivity contribution in [2.45, 2.75) is 59.8 Å². The van der Waals surface area contributed by atoms with Gasteiger partial charge in [-0.2, -0.15) is 13.8 Å². The summed E-state index contributed by atoms with van der Waals surface area (Å²) in [5.74, 6) is 0. The van der Waals surface area contributed by atoms with Gasteiger partial charge in [0.2, 0.25) is 0 Å². The summed E-state index contributed by atoms with van der Waals surface area (Å²) in [7, 11) is 0. The molecule has 0 bridgehead atoms. The Bertz CT molecular complexity index is 56.7. The zero-order valence-electron chi connectivity index (χ0n) is 10.5. The molecular weight excluding hydrogens is 187 g/mol. The van der Waals surface area contributed by atoms with Gasteiger partial charge in [-0.15, -0.1) is 0 Å². The summed E-state index contributed by atoms with van der Waals surface area (Å²) in [5.41, 5.74) is 0. The van der Waals surface area contributed by atoms with Crippen LogP contribution in [0.4, 0.5) is 0 Å². The minimum atomic E-state index is 0. The Balaban J connectivity index is -0.0000000501. The molecule has 0 aliphatic heterocycles. The first kappa shape index (κ1) is 24.0. The summed E-state index contributed by atoms with van der Waals surface area (Å²) in [6, 6.07) is 0. The Kier molecular flexibility index (Phi) is 64.2. The molecule has 0 atom stereocenters. The molecule has 0 spiro atoms. The molecule has 1 aliphatic rings. The van der Waals surface area contributed by atoms with Crippen molar-refractivity contribution in [3.05, 3.63) is 6.42 Å². The molecule has 14 heavy (non-hydrogen) atoms. The molecule has 0 saturated heterocycles. The average Bonchev–Trinajstić information content (AvgIpc) is 2.66. The molecule has 82 valence electrons. The third-order valence-electron chi connectivity index (χ3n) is 1.25. The van der Waals surface area contributed by atoms with E-state index < -0.39 is 0 Å². The third kappa shape index (κ3) is 54.8. The van der Waals surface area contributed by atoms with Crippen molar-refractivity contribution in [3.63, 3.8) is 0 Å². The van der Waals surface area contributed by atoms with Crippen LogP contribution in [0.3, 0.4) is 0 Å². The van der Waals surface area contributed by atoms with Gasteiger partial charge in [0.15, 0.2) is 0 Å². The van der Waals surface area contributed by atoms with E-state index in [0.717, 1.165) is 0 Å². The Morgan fingerprint density at radius 2 is 1.07 bits per heavy atom. The van der Waals surface area contributed by atoms with Crippen LogP contribution in [0.15, 0.2) is 0 Å². The van der Waals surface area contributed by atoms with Gasteiger partial charge in [-0.25, -0.2) is 0 Å². The van der Waals surface area contributed by atoms with Crippen LogP contribution in [-0.2, 0) is 4.79 Å². The Morgan fingerprint density at radius 3 is 1.14 bits per heavy atom. The summed E-state index contributed by atoms with van der Waals surface area (Å²) in [5, 5.41) is 6.76. The van der Waals surface area contributed by atoms with Crippen molar-refractivity contribution < 1.29 is 39.5 Å². The van der Waals surface area contributed by atoms with Gasteiger partial charge < -0.3 is 16.3 Å². The van der Waals surface area contributed by atoms with Crippen molar-refractivity contribution in [3.8, 4) is 0 Å². The van der Waals surface area contributed by atoms with Crippen molar-refractivity contribution in [2.24, 2.45) is 0 Å². The zero-order chi connectivity index (χ0) is 10.9. The second-order valence-electron chi connectivity index (χ2n) is 2.44. The van der Waals surface area contributed by atoms with Crippen LogP contribution in [0.25, 0.3) is 0 Å². The van der Waals surface area contributed by atoms with E-state index >= 15 is 0 Å². The van der Waals surface area contributed by atoms with Gasteiger partial charge in [-0.1, -0.05) is 52.4 Å². The molecule has 1 rings (SSSR count). The fourth-order valence-corrected chi connectivity index (χ4v) is 0.884. The molecule has 0 amide bonds. The van der Waals surface area contributed by atoms with Gasteiger partial charge >= 0.3 is 29.6 Å². The molecule has 1 aliphatic carbocycles. The molecule has 0 radical (unpaired) electrons. The number of hydrogen-bond donors (Lipinski definition) is 1. The van der Waals surface area contributed by atoms with Crippen LogP contribution in [0, 0.1) is 6.42 Å². The summed E-state index contributed by atoms with van der Waals surface area (Å²) in [6.45, 7) is 8.50. The average molecular weight is 211 g/mol. The molecule has 3 heteroatoms. The van der Waals surface area contributed by atoms with E-state index in [1.807, 2.05) is 34.1 Å². The minimum absolute atomic E-state index is 0. The molecule has 1 fully saturated rings. The molecule has 1 saturated carbocycles. The second-order valence-corrected chi connectivity index (χ2v) is 2.44. The molecule has 1 N–H and O–H groups in total. The maximum Gasteiger partial charge on any atom is 1.00 e. The molecule has 0 aromatic carbocycles. The van der Waals surface area contributed by atoms with E-state index in [2.05, 4.69) is 0 Å². The third-order valence-corrected chi connectivity index (χ3v) is 1.25. The number of hydrogen-bond acceptors (Lipinski definition) is 1. The van der Waals surface area contributed by atoms with E-state index in [-0.39, 0.29) is 29.6 Å². The topological polar surface area (TPSA) is 37.3 Å². The van der Waals surface area contributed by atoms with E-state index in [1.165, 1.54) is 32.1 Å². The molecule has 0 unspecified atom stereocenters. The van der Waals surface area contributed by atoms with Gasteiger partial charge in [0.1, 0.15) is 0 Å². The maximum atomic E-state index is 8.24. The summed E-state index contributed by atoms with van der Waals surface area (Å²) < 4.78 is 0. The molecule has 0 aromatic rings. The van der Waals surface area contributed by atoms with Crippen molar-refractivity contribution >= 4 is 6.47 Å². The van der Waals surface area contributed by atoms with Crippen LogP contribution in [0.1, 0.15) is 59.8 Å². The first-order valence-electron chi connectivity index (χ1n) is 5.08. The van der Waals surface area contributed by atoms with Crippen LogP contribution < -0.4 is 29.6 Å². The van der Waals surface area contributed by atoms with Crippen LogP contribution in [0.5, 0.6) is 0 Å². The van der Waals surface area contributed by atoms with E-state index in [0.29, 0.717) is 6.47 Å². The Hall–Kier alpha value is 0.470. The van der Waals surface area contributed by atoms with Gasteiger partial charge in [0.25, 0.3) is 0 Å². The normalized spacial score (nSPS) is 11.1. The predicted octanol–water partition coefficient (Wildman–Crippen LogP) is 0.823. The van der Waals surface area contributed by atoms with Crippen LogP contribution >= 0.6 is 0 Å². The molecule has 0 aromatic heterocycles. The first-order chi connectivity index (χ1) is 6.33. The van der Waals surface area contributed by atoms with Crippen LogP contribution in [0.2, 0.25) is 0 Å². The summed E-state index contributed by atoms with van der Waals surface area (Å²) in [4.78, 5) is 8.24. The Labute approximate surface area is 112 Å². The van der Waals surface area contributed by atoms with E-state index in [4.69, 9.17) is 9.90 Å². The number of rotatable bonds is 0. The fraction of sp³-hybridized carbons (Fsp3) is 0.818. The van der Waals surface area contributed by atoms with Gasteiger partial charge in [0, 0.05) is 0 Å². The summed E-state index contributed by atoms with van der Waals surface area (Å²) in [6.07, 6.45) is 9.50. The smallest absolute Gasteiger partial charge is 0.665 e. The van der Waals surface area contributed by atoms with Crippen molar-refractivity contribution in [2.75, 3.05) is 0 Å². The Morgan fingerprint density at radius 1 is 1.00 bits per heavy atom. The van der Waals surface area contributed by atoms with E-state index in [9.17, 15) is 0 Å². The first-order valence-corrected chi connectivity index (χ1v) is 5.08. The van der Waals surface area contributed by atoms with Gasteiger partial charge in [0.05, 0.1) is 0 Å². The van der Waals surface area contributed by atoms with E-state index in [1.54, 1.807) is 0 Å². The quantitative estimate of drug-likeness (QED) is 0.476. The zero-order valence-corrected chi connectivity index (χ0v) is 12.5. The number of aliphatic hydroxyl groups excluding tert-OH is 1. The molecule has 0 heterocycles. The van der Waals surface area contributed by atoms with Crippen LogP contribution in [-0.4, -0.2) is 11.6 Å². The standard InChI is InChI=1S/C5H10.C3H7.C2H6.CHO2.Na/c1-2-4-5-3-1;1-3-2;1-2;2-1-3;/h1-5H2;3H,1-2H3;1-2H3;(H,2,3);/q;-1;;-1;+1. The minimum Gasteiger partial charge on any atom is -0.665 e. The summed E-state index contributed by atoms with van der Waals surface area (Å²) >= 11 is 0. The largest absolute Gasteiger partial charge is 1.00 e. The predicted molar refractivity (Wildman–Crippen MR) is 58.4 cm³/mol. The van der Waals surface area contributed by atoms with Crippen molar-refractivity contribution in [1.82, 2.24) is 0 Å². The van der Waals surface area contributed by atoms with Crippen molar-refractivity contribution in [1.29, 1.82) is 0 Å². The molecule has 2 nitrogen and oxygen atoms in total. The SMILES string of the molecule is C1CCCC1.CC.C[CH-]C.O=[C-]O.[Na+]. The maximum absolute atomic E-state index is 8.24. The fourth-order valence-electron chi connectivity index (χ4n) is 0.884. The monoisotopic (exact) mass is 211 g/mol. The second kappa shape index (κ2) is 37.5. The van der Waals surface area contributed by atoms with Gasteiger partial charge in [-0.3, -0.25) is 0 Å². The van der Waals surface area contributed by atoms with Gasteiger partial charge in [-0.05, 0) is 0 Å². The molecular formula is C11H24NaO2-.